The largest absolute Gasteiger partial charge is 0.497 e. The summed E-state index contributed by atoms with van der Waals surface area (Å²) in [5.74, 6) is -0.928. The number of thiocarbonyl (C=S) groups is 1. The van der Waals surface area contributed by atoms with Gasteiger partial charge in [0.2, 0.25) is 5.91 Å². The van der Waals surface area contributed by atoms with Crippen LogP contribution in [0.25, 0.3) is 6.08 Å². The summed E-state index contributed by atoms with van der Waals surface area (Å²) < 4.78 is 5.55. The van der Waals surface area contributed by atoms with E-state index in [-0.39, 0.29) is 18.2 Å². The van der Waals surface area contributed by atoms with Crippen molar-refractivity contribution in [2.75, 3.05) is 20.2 Å². The highest BCUT2D eigenvalue weighted by Gasteiger charge is 2.31. The molecule has 0 unspecified atom stereocenters. The van der Waals surface area contributed by atoms with Gasteiger partial charge in [-0.25, -0.2) is 0 Å². The van der Waals surface area contributed by atoms with Crippen LogP contribution in [0.5, 0.6) is 5.75 Å². The van der Waals surface area contributed by atoms with Crippen molar-refractivity contribution in [1.29, 1.82) is 0 Å². The Bertz CT molecular complexity index is 746. The Morgan fingerprint density at radius 3 is 2.65 bits per heavy atom. The van der Waals surface area contributed by atoms with Crippen LogP contribution in [0.2, 0.25) is 0 Å². The quantitative estimate of drug-likeness (QED) is 0.513. The molecule has 26 heavy (non-hydrogen) atoms. The van der Waals surface area contributed by atoms with E-state index in [0.717, 1.165) is 11.3 Å². The van der Waals surface area contributed by atoms with Crippen LogP contribution in [0.3, 0.4) is 0 Å². The monoisotopic (exact) mass is 394 g/mol. The van der Waals surface area contributed by atoms with E-state index in [1.54, 1.807) is 13.2 Å². The van der Waals surface area contributed by atoms with E-state index in [4.69, 9.17) is 22.1 Å². The van der Waals surface area contributed by atoms with Gasteiger partial charge in [-0.15, -0.1) is 0 Å². The first-order chi connectivity index (χ1) is 12.4. The molecule has 0 spiro atoms. The number of amides is 2. The molecule has 138 valence electrons. The molecule has 0 radical (unpaired) electrons. The fourth-order valence-electron chi connectivity index (χ4n) is 2.20. The third kappa shape index (κ3) is 5.57. The highest BCUT2D eigenvalue weighted by molar-refractivity contribution is 8.26. The number of aliphatic carboxylic acids is 1. The lowest BCUT2D eigenvalue weighted by Crippen LogP contribution is -2.32. The summed E-state index contributed by atoms with van der Waals surface area (Å²) in [6, 6.07) is 7.31. The minimum Gasteiger partial charge on any atom is -0.497 e. The Morgan fingerprint density at radius 1 is 1.35 bits per heavy atom. The van der Waals surface area contributed by atoms with Crippen LogP contribution in [0.15, 0.2) is 29.2 Å². The molecular formula is C17H18N2O5S2. The zero-order valence-electron chi connectivity index (χ0n) is 14.1. The second-order valence-corrected chi connectivity index (χ2v) is 7.06. The van der Waals surface area contributed by atoms with Gasteiger partial charge < -0.3 is 15.2 Å². The minimum absolute atomic E-state index is 0.127. The first-order valence-corrected chi connectivity index (χ1v) is 9.01. The van der Waals surface area contributed by atoms with E-state index in [9.17, 15) is 14.4 Å². The molecule has 0 saturated carbocycles. The lowest BCUT2D eigenvalue weighted by atomic mass is 10.2. The number of ether oxygens (including phenoxy) is 1. The van der Waals surface area contributed by atoms with E-state index >= 15 is 0 Å². The van der Waals surface area contributed by atoms with Gasteiger partial charge in [-0.05, 0) is 30.2 Å². The number of nitrogens with one attached hydrogen (secondary N) is 1. The number of nitrogens with zero attached hydrogens (tertiary/aromatic N) is 1. The number of hydrogen-bond acceptors (Lipinski definition) is 6. The van der Waals surface area contributed by atoms with Gasteiger partial charge in [0.05, 0.1) is 12.0 Å². The Labute approximate surface area is 160 Å². The second-order valence-electron chi connectivity index (χ2n) is 5.38. The van der Waals surface area contributed by atoms with Crippen LogP contribution >= 0.6 is 24.0 Å². The fourth-order valence-corrected chi connectivity index (χ4v) is 3.51. The zero-order valence-corrected chi connectivity index (χ0v) is 15.7. The van der Waals surface area contributed by atoms with Crippen LogP contribution in [0, 0.1) is 0 Å². The maximum Gasteiger partial charge on any atom is 0.322 e. The molecule has 1 aliphatic rings. The summed E-state index contributed by atoms with van der Waals surface area (Å²) in [4.78, 5) is 36.4. The molecule has 1 aromatic carbocycles. The van der Waals surface area contributed by atoms with E-state index in [0.29, 0.717) is 22.2 Å². The Balaban J connectivity index is 1.90. The summed E-state index contributed by atoms with van der Waals surface area (Å²) in [6.07, 6.45) is 2.29. The number of carbonyl (C=O) groups is 3. The lowest BCUT2D eigenvalue weighted by Gasteiger charge is -2.13. The first-order valence-electron chi connectivity index (χ1n) is 7.78. The molecule has 1 saturated heterocycles. The summed E-state index contributed by atoms with van der Waals surface area (Å²) >= 11 is 6.46. The highest BCUT2D eigenvalue weighted by atomic mass is 32.2. The number of carboxylic acid groups (broad SMARTS) is 1. The maximum atomic E-state index is 12.5. The molecule has 1 aromatic rings. The molecule has 0 atom stereocenters. The van der Waals surface area contributed by atoms with Crippen molar-refractivity contribution in [2.45, 2.75) is 12.8 Å². The van der Waals surface area contributed by atoms with Gasteiger partial charge in [0.25, 0.3) is 5.91 Å². The lowest BCUT2D eigenvalue weighted by molar-refractivity contribution is -0.137. The van der Waals surface area contributed by atoms with Gasteiger partial charge in [0.15, 0.2) is 0 Å². The molecule has 1 aliphatic heterocycles. The van der Waals surface area contributed by atoms with Crippen molar-refractivity contribution in [1.82, 2.24) is 10.2 Å². The average Bonchev–Trinajstić information content (AvgIpc) is 2.88. The van der Waals surface area contributed by atoms with Crippen molar-refractivity contribution in [3.63, 3.8) is 0 Å². The summed E-state index contributed by atoms with van der Waals surface area (Å²) in [6.45, 7) is -0.102. The molecule has 0 bridgehead atoms. The van der Waals surface area contributed by atoms with E-state index < -0.39 is 12.5 Å². The van der Waals surface area contributed by atoms with Gasteiger partial charge in [0, 0.05) is 13.0 Å². The fraction of sp³-hybridized carbons (Fsp3) is 0.294. The zero-order chi connectivity index (χ0) is 19.1. The second kappa shape index (κ2) is 9.35. The van der Waals surface area contributed by atoms with Gasteiger partial charge in [0.1, 0.15) is 16.6 Å². The van der Waals surface area contributed by atoms with Crippen LogP contribution in [-0.2, 0) is 14.4 Å². The van der Waals surface area contributed by atoms with Crippen molar-refractivity contribution < 1.29 is 24.2 Å². The Kier molecular flexibility index (Phi) is 7.16. The Hall–Kier alpha value is -2.39. The van der Waals surface area contributed by atoms with Crippen LogP contribution in [-0.4, -0.2) is 52.3 Å². The average molecular weight is 394 g/mol. The predicted molar refractivity (Wildman–Crippen MR) is 103 cm³/mol. The number of carboxylic acids is 1. The SMILES string of the molecule is COc1ccc(/C=C2\SC(=S)N(CCCC(=O)NCC(=O)O)C2=O)cc1. The van der Waals surface area contributed by atoms with E-state index in [1.807, 2.05) is 24.3 Å². The third-order valence-corrected chi connectivity index (χ3v) is 4.89. The highest BCUT2D eigenvalue weighted by Crippen LogP contribution is 2.32. The first kappa shape index (κ1) is 19.9. The predicted octanol–water partition coefficient (Wildman–Crippen LogP) is 1.88. The third-order valence-electron chi connectivity index (χ3n) is 3.51. The molecule has 2 rings (SSSR count). The van der Waals surface area contributed by atoms with Crippen molar-refractivity contribution in [3.8, 4) is 5.75 Å². The summed E-state index contributed by atoms with van der Waals surface area (Å²) in [5.41, 5.74) is 0.861. The molecule has 7 nitrogen and oxygen atoms in total. The molecular weight excluding hydrogens is 376 g/mol. The molecule has 2 amide bonds. The molecule has 2 N–H and O–H groups in total. The van der Waals surface area contributed by atoms with Gasteiger partial charge >= 0.3 is 5.97 Å². The normalized spacial score (nSPS) is 15.4. The molecule has 0 aliphatic carbocycles. The van der Waals surface area contributed by atoms with Crippen molar-refractivity contribution in [3.05, 3.63) is 34.7 Å². The smallest absolute Gasteiger partial charge is 0.322 e. The Morgan fingerprint density at radius 2 is 2.04 bits per heavy atom. The van der Waals surface area contributed by atoms with Gasteiger partial charge in [-0.1, -0.05) is 36.1 Å². The molecule has 1 heterocycles. The van der Waals surface area contributed by atoms with E-state index in [2.05, 4.69) is 5.32 Å². The summed E-state index contributed by atoms with van der Waals surface area (Å²) in [5, 5.41) is 10.8. The maximum absolute atomic E-state index is 12.5. The van der Waals surface area contributed by atoms with Crippen LogP contribution < -0.4 is 10.1 Å². The van der Waals surface area contributed by atoms with Crippen LogP contribution in [0.1, 0.15) is 18.4 Å². The number of thioether (sulfide) groups is 1. The van der Waals surface area contributed by atoms with Crippen molar-refractivity contribution >= 4 is 52.2 Å². The van der Waals surface area contributed by atoms with Gasteiger partial charge in [-0.3, -0.25) is 19.3 Å². The minimum atomic E-state index is -1.10. The van der Waals surface area contributed by atoms with Crippen molar-refractivity contribution in [2.24, 2.45) is 0 Å². The number of benzene rings is 1. The van der Waals surface area contributed by atoms with Crippen LogP contribution in [0.4, 0.5) is 0 Å². The van der Waals surface area contributed by atoms with Gasteiger partial charge in [-0.2, -0.15) is 0 Å². The molecule has 1 fully saturated rings. The summed E-state index contributed by atoms with van der Waals surface area (Å²) in [7, 11) is 1.59. The topological polar surface area (TPSA) is 95.9 Å². The molecule has 9 heteroatoms. The number of carbonyl (C=O) groups excluding carboxylic acids is 2. The standard InChI is InChI=1S/C17H18N2O5S2/c1-24-12-6-4-11(5-7-12)9-13-16(23)19(17(25)26-13)8-2-3-14(20)18-10-15(21)22/h4-7,9H,2-3,8,10H2,1H3,(H,18,20)(H,21,22)/b13-9-. The number of rotatable bonds is 8. The molecule has 0 aromatic heterocycles. The number of hydrogen-bond donors (Lipinski definition) is 2. The number of methoxy groups -OCH3 is 1. The van der Waals surface area contributed by atoms with E-state index in [1.165, 1.54) is 16.7 Å².